The van der Waals surface area contributed by atoms with Gasteiger partial charge in [0.15, 0.2) is 0 Å². The molecule has 1 saturated heterocycles. The summed E-state index contributed by atoms with van der Waals surface area (Å²) in [5.41, 5.74) is 0. The van der Waals surface area contributed by atoms with Gasteiger partial charge in [0.1, 0.15) is 12.3 Å². The van der Waals surface area contributed by atoms with Crippen molar-refractivity contribution >= 4 is 34.5 Å². The smallest absolute Gasteiger partial charge is 0.307 e. The van der Waals surface area contributed by atoms with Crippen LogP contribution < -0.4 is 0 Å². The third kappa shape index (κ3) is 6.89. The minimum atomic E-state index is -1.34. The highest BCUT2D eigenvalue weighted by Gasteiger charge is 2.51. The molecular formula is C21H32FIO6. The fourth-order valence-corrected chi connectivity index (χ4v) is 5.39. The number of aliphatic hydroxyl groups excluding tert-OH is 1. The molecule has 0 radical (unpaired) electrons. The molecule has 3 N–H and O–H groups in total. The number of allylic oxidation sites excluding steroid dienone is 1. The van der Waals surface area contributed by atoms with Crippen LogP contribution >= 0.6 is 22.6 Å². The summed E-state index contributed by atoms with van der Waals surface area (Å²) in [6.07, 6.45) is 4.76. The molecule has 1 aliphatic carbocycles. The van der Waals surface area contributed by atoms with Crippen LogP contribution in [0.15, 0.2) is 12.2 Å². The van der Waals surface area contributed by atoms with Gasteiger partial charge in [0.05, 0.1) is 18.1 Å². The maximum absolute atomic E-state index is 14.0. The first kappa shape index (κ1) is 24.5. The van der Waals surface area contributed by atoms with Crippen molar-refractivity contribution in [1.82, 2.24) is 0 Å². The number of ether oxygens (including phenoxy) is 1. The van der Waals surface area contributed by atoms with E-state index in [1.807, 2.05) is 6.92 Å². The van der Waals surface area contributed by atoms with Crippen molar-refractivity contribution in [3.8, 4) is 0 Å². The van der Waals surface area contributed by atoms with Crippen LogP contribution in [-0.2, 0) is 14.3 Å². The number of halogens is 2. The molecule has 166 valence electrons. The highest BCUT2D eigenvalue weighted by molar-refractivity contribution is 14.1. The predicted octanol–water partition coefficient (Wildman–Crippen LogP) is 3.98. The molecule has 6 nitrogen and oxygen atoms in total. The Bertz CT molecular complexity index is 586. The van der Waals surface area contributed by atoms with Crippen molar-refractivity contribution in [3.63, 3.8) is 0 Å². The summed E-state index contributed by atoms with van der Waals surface area (Å²) in [6, 6.07) is 0. The molecule has 0 spiro atoms. The Kier molecular flexibility index (Phi) is 9.81. The fourth-order valence-electron chi connectivity index (χ4n) is 4.48. The zero-order valence-corrected chi connectivity index (χ0v) is 18.9. The Hall–Kier alpha value is -0.740. The van der Waals surface area contributed by atoms with E-state index in [9.17, 15) is 24.2 Å². The van der Waals surface area contributed by atoms with Gasteiger partial charge in [-0.25, -0.2) is 4.39 Å². The molecule has 29 heavy (non-hydrogen) atoms. The summed E-state index contributed by atoms with van der Waals surface area (Å²) < 4.78 is 20.3. The van der Waals surface area contributed by atoms with E-state index in [2.05, 4.69) is 22.6 Å². The van der Waals surface area contributed by atoms with E-state index < -0.39 is 30.1 Å². The van der Waals surface area contributed by atoms with Crippen LogP contribution in [0.2, 0.25) is 0 Å². The van der Waals surface area contributed by atoms with Crippen LogP contribution in [0, 0.1) is 17.8 Å². The number of aliphatic hydroxyl groups is 1. The van der Waals surface area contributed by atoms with Gasteiger partial charge in [0.2, 0.25) is 0 Å². The summed E-state index contributed by atoms with van der Waals surface area (Å²) in [5.74, 6) is -2.56. The molecule has 8 atom stereocenters. The molecule has 0 amide bonds. The second kappa shape index (κ2) is 11.6. The van der Waals surface area contributed by atoms with Crippen LogP contribution in [0.4, 0.5) is 4.39 Å². The lowest BCUT2D eigenvalue weighted by Gasteiger charge is -2.22. The summed E-state index contributed by atoms with van der Waals surface area (Å²) in [6.45, 7) is 1.96. The van der Waals surface area contributed by atoms with E-state index in [0.717, 1.165) is 12.8 Å². The van der Waals surface area contributed by atoms with E-state index in [1.165, 1.54) is 6.08 Å². The molecule has 1 aliphatic heterocycles. The minimum Gasteiger partial charge on any atom is -0.481 e. The van der Waals surface area contributed by atoms with Crippen molar-refractivity contribution < 1.29 is 34.0 Å². The van der Waals surface area contributed by atoms with Gasteiger partial charge < -0.3 is 20.1 Å². The summed E-state index contributed by atoms with van der Waals surface area (Å²) in [4.78, 5) is 22.4. The maximum atomic E-state index is 14.0. The number of hydrogen-bond acceptors (Lipinski definition) is 4. The van der Waals surface area contributed by atoms with Gasteiger partial charge >= 0.3 is 11.9 Å². The third-order valence-electron chi connectivity index (χ3n) is 6.10. The summed E-state index contributed by atoms with van der Waals surface area (Å²) >= 11 is 2.29. The highest BCUT2D eigenvalue weighted by atomic mass is 127. The molecule has 2 aliphatic rings. The Morgan fingerprint density at radius 2 is 1.97 bits per heavy atom. The van der Waals surface area contributed by atoms with Crippen LogP contribution in [0.3, 0.4) is 0 Å². The van der Waals surface area contributed by atoms with Gasteiger partial charge in [-0.1, -0.05) is 54.5 Å². The highest BCUT2D eigenvalue weighted by Crippen LogP contribution is 2.49. The molecule has 0 bridgehead atoms. The van der Waals surface area contributed by atoms with Crippen LogP contribution in [0.1, 0.15) is 58.3 Å². The molecule has 2 fully saturated rings. The van der Waals surface area contributed by atoms with Crippen molar-refractivity contribution in [1.29, 1.82) is 0 Å². The van der Waals surface area contributed by atoms with E-state index in [-0.39, 0.29) is 34.4 Å². The minimum absolute atomic E-state index is 0.0231. The number of rotatable bonds is 12. The SMILES string of the molecule is CCCC[C@@H](F)[C@H](O)C=C[C@@H]1[C@H]2C[C@@H]([C@@H](I)CCCC(=O)O)O[C@H]2C[C@H]1C(=O)O. The van der Waals surface area contributed by atoms with Gasteiger partial charge in [0, 0.05) is 10.3 Å². The Morgan fingerprint density at radius 3 is 2.59 bits per heavy atom. The average Bonchev–Trinajstić information content (AvgIpc) is 3.22. The number of carboxylic acid groups (broad SMARTS) is 2. The van der Waals surface area contributed by atoms with Gasteiger partial charge in [-0.15, -0.1) is 0 Å². The largest absolute Gasteiger partial charge is 0.481 e. The van der Waals surface area contributed by atoms with Crippen molar-refractivity contribution in [2.45, 2.75) is 86.7 Å². The number of carbonyl (C=O) groups is 2. The molecule has 0 aromatic rings. The monoisotopic (exact) mass is 526 g/mol. The van der Waals surface area contributed by atoms with Gasteiger partial charge in [-0.3, -0.25) is 9.59 Å². The quantitative estimate of drug-likeness (QED) is 0.202. The average molecular weight is 526 g/mol. The van der Waals surface area contributed by atoms with E-state index in [1.54, 1.807) is 6.08 Å². The molecule has 0 aromatic carbocycles. The second-order valence-corrected chi connectivity index (χ2v) is 9.81. The first-order valence-corrected chi connectivity index (χ1v) is 11.7. The van der Waals surface area contributed by atoms with Gasteiger partial charge in [-0.2, -0.15) is 0 Å². The maximum Gasteiger partial charge on any atom is 0.307 e. The van der Waals surface area contributed by atoms with Crippen molar-refractivity contribution in [2.75, 3.05) is 0 Å². The Morgan fingerprint density at radius 1 is 1.24 bits per heavy atom. The normalized spacial score (nSPS) is 32.2. The summed E-state index contributed by atoms with van der Waals surface area (Å²) in [5, 5.41) is 28.4. The van der Waals surface area contributed by atoms with Crippen molar-refractivity contribution in [3.05, 3.63) is 12.2 Å². The lowest BCUT2D eigenvalue weighted by Crippen LogP contribution is -2.26. The first-order valence-electron chi connectivity index (χ1n) is 10.5. The first-order chi connectivity index (χ1) is 13.7. The van der Waals surface area contributed by atoms with Crippen LogP contribution in [-0.4, -0.2) is 55.7 Å². The lowest BCUT2D eigenvalue weighted by molar-refractivity contribution is -0.143. The standard InChI is InChI=1S/C21H32FIO6/c1-2-3-5-15(22)17(24)9-8-12-13-10-19(16(23)6-4-7-20(25)26)29-18(13)11-14(12)21(27)28/h8-9,12-19,24H,2-7,10-11H2,1H3,(H,25,26)(H,27,28)/t12-,13-,14-,15-,16+,17-,18+,19+/m1/s1. The van der Waals surface area contributed by atoms with Gasteiger partial charge in [-0.05, 0) is 43.9 Å². The topological polar surface area (TPSA) is 104 Å². The number of aliphatic carboxylic acids is 2. The molecule has 2 rings (SSSR count). The molecular weight excluding hydrogens is 494 g/mol. The van der Waals surface area contributed by atoms with Crippen LogP contribution in [0.5, 0.6) is 0 Å². The van der Waals surface area contributed by atoms with E-state index >= 15 is 0 Å². The van der Waals surface area contributed by atoms with Gasteiger partial charge in [0.25, 0.3) is 0 Å². The van der Waals surface area contributed by atoms with E-state index in [4.69, 9.17) is 9.84 Å². The zero-order chi connectivity index (χ0) is 21.6. The Balaban J connectivity index is 1.98. The number of carboxylic acids is 2. The zero-order valence-electron chi connectivity index (χ0n) is 16.8. The van der Waals surface area contributed by atoms with Crippen LogP contribution in [0.25, 0.3) is 0 Å². The fraction of sp³-hybridized carbons (Fsp3) is 0.810. The molecule has 1 saturated carbocycles. The number of alkyl halides is 2. The third-order valence-corrected chi connectivity index (χ3v) is 7.53. The summed E-state index contributed by atoms with van der Waals surface area (Å²) in [7, 11) is 0. The molecule has 8 heteroatoms. The molecule has 1 heterocycles. The molecule has 0 unspecified atom stereocenters. The predicted molar refractivity (Wildman–Crippen MR) is 115 cm³/mol. The Labute approximate surface area is 185 Å². The number of fused-ring (bicyclic) bond motifs is 1. The second-order valence-electron chi connectivity index (χ2n) is 8.21. The lowest BCUT2D eigenvalue weighted by atomic mass is 9.85. The number of hydrogen-bond donors (Lipinski definition) is 3. The molecule has 0 aromatic heterocycles. The van der Waals surface area contributed by atoms with E-state index in [0.29, 0.717) is 32.1 Å². The number of unbranched alkanes of at least 4 members (excludes halogenated alkanes) is 1. The van der Waals surface area contributed by atoms with Crippen molar-refractivity contribution in [2.24, 2.45) is 17.8 Å².